The molecule has 6 heteroatoms. The first-order valence-corrected chi connectivity index (χ1v) is 8.88. The summed E-state index contributed by atoms with van der Waals surface area (Å²) in [5.41, 5.74) is 1.97. The van der Waals surface area contributed by atoms with Gasteiger partial charge in [-0.25, -0.2) is 0 Å². The molecule has 1 aromatic heterocycles. The van der Waals surface area contributed by atoms with Crippen LogP contribution >= 0.6 is 11.6 Å². The lowest BCUT2D eigenvalue weighted by atomic mass is 10.2. The van der Waals surface area contributed by atoms with Gasteiger partial charge in [0.15, 0.2) is 5.76 Å². The number of carbonyl (C=O) groups is 2. The minimum atomic E-state index is -0.379. The van der Waals surface area contributed by atoms with Crippen molar-refractivity contribution >= 4 is 34.8 Å². The molecule has 5 nitrogen and oxygen atoms in total. The van der Waals surface area contributed by atoms with Crippen LogP contribution < -0.4 is 10.6 Å². The number of amides is 2. The van der Waals surface area contributed by atoms with E-state index in [9.17, 15) is 9.59 Å². The zero-order valence-electron chi connectivity index (χ0n) is 15.0. The van der Waals surface area contributed by atoms with E-state index in [2.05, 4.69) is 10.6 Å². The van der Waals surface area contributed by atoms with Crippen LogP contribution in [-0.2, 0) is 4.79 Å². The number of anilines is 2. The third kappa shape index (κ3) is 4.77. The Balaban J connectivity index is 1.72. The van der Waals surface area contributed by atoms with Crippen molar-refractivity contribution in [1.82, 2.24) is 0 Å². The fourth-order valence-electron chi connectivity index (χ4n) is 2.41. The molecule has 0 bridgehead atoms. The molecule has 0 aliphatic carbocycles. The first-order chi connectivity index (χ1) is 12.9. The molecule has 0 atom stereocenters. The molecule has 2 aromatic carbocycles. The van der Waals surface area contributed by atoms with E-state index in [0.717, 1.165) is 5.56 Å². The Kier molecular flexibility index (Phi) is 5.62. The smallest absolute Gasteiger partial charge is 0.291 e. The quantitative estimate of drug-likeness (QED) is 0.616. The van der Waals surface area contributed by atoms with E-state index in [4.69, 9.17) is 16.0 Å². The summed E-state index contributed by atoms with van der Waals surface area (Å²) < 4.78 is 5.64. The van der Waals surface area contributed by atoms with Crippen LogP contribution in [0.3, 0.4) is 0 Å². The van der Waals surface area contributed by atoms with E-state index >= 15 is 0 Å². The SMILES string of the molecule is CC(C)C(=O)Nc1cccc(NC(=O)c2ccc(-c3cccc(Cl)c3)o2)c1. The molecule has 27 heavy (non-hydrogen) atoms. The molecule has 0 saturated heterocycles. The van der Waals surface area contributed by atoms with Crippen LogP contribution in [0.15, 0.2) is 65.1 Å². The minimum absolute atomic E-state index is 0.0873. The highest BCUT2D eigenvalue weighted by molar-refractivity contribution is 6.30. The van der Waals surface area contributed by atoms with Gasteiger partial charge < -0.3 is 15.1 Å². The number of nitrogens with one attached hydrogen (secondary N) is 2. The van der Waals surface area contributed by atoms with Crippen LogP contribution in [0.2, 0.25) is 5.02 Å². The Morgan fingerprint density at radius 2 is 1.63 bits per heavy atom. The van der Waals surface area contributed by atoms with E-state index in [1.54, 1.807) is 48.5 Å². The van der Waals surface area contributed by atoms with Crippen molar-refractivity contribution in [2.24, 2.45) is 5.92 Å². The fourth-order valence-corrected chi connectivity index (χ4v) is 2.60. The van der Waals surface area contributed by atoms with Crippen molar-refractivity contribution < 1.29 is 14.0 Å². The summed E-state index contributed by atoms with van der Waals surface area (Å²) in [6, 6.07) is 17.5. The highest BCUT2D eigenvalue weighted by Crippen LogP contribution is 2.25. The molecule has 0 spiro atoms. The van der Waals surface area contributed by atoms with Gasteiger partial charge in [-0.05, 0) is 42.5 Å². The summed E-state index contributed by atoms with van der Waals surface area (Å²) in [4.78, 5) is 24.3. The zero-order valence-corrected chi connectivity index (χ0v) is 15.7. The van der Waals surface area contributed by atoms with Gasteiger partial charge >= 0.3 is 0 Å². The topological polar surface area (TPSA) is 71.3 Å². The molecule has 3 rings (SSSR count). The molecule has 0 radical (unpaired) electrons. The maximum atomic E-state index is 12.4. The predicted octanol–water partition coefficient (Wildman–Crippen LogP) is 5.45. The maximum absolute atomic E-state index is 12.4. The van der Waals surface area contributed by atoms with Crippen molar-refractivity contribution in [3.8, 4) is 11.3 Å². The van der Waals surface area contributed by atoms with Gasteiger partial charge in [0.05, 0.1) is 0 Å². The van der Waals surface area contributed by atoms with Crippen molar-refractivity contribution in [2.75, 3.05) is 10.6 Å². The molecule has 0 aliphatic heterocycles. The van der Waals surface area contributed by atoms with Gasteiger partial charge in [0.2, 0.25) is 5.91 Å². The Morgan fingerprint density at radius 3 is 2.33 bits per heavy atom. The molecule has 2 N–H and O–H groups in total. The Labute approximate surface area is 162 Å². The van der Waals surface area contributed by atoms with Crippen molar-refractivity contribution in [2.45, 2.75) is 13.8 Å². The Bertz CT molecular complexity index is 979. The Morgan fingerprint density at radius 1 is 0.926 bits per heavy atom. The fraction of sp³-hybridized carbons (Fsp3) is 0.143. The number of hydrogen-bond acceptors (Lipinski definition) is 3. The molecule has 0 unspecified atom stereocenters. The van der Waals surface area contributed by atoms with Gasteiger partial charge in [0.25, 0.3) is 5.91 Å². The van der Waals surface area contributed by atoms with Gasteiger partial charge in [-0.15, -0.1) is 0 Å². The zero-order chi connectivity index (χ0) is 19.4. The molecule has 0 saturated carbocycles. The van der Waals surface area contributed by atoms with E-state index in [1.165, 1.54) is 0 Å². The van der Waals surface area contributed by atoms with E-state index in [0.29, 0.717) is 22.2 Å². The summed E-state index contributed by atoms with van der Waals surface area (Å²) in [6.07, 6.45) is 0. The largest absolute Gasteiger partial charge is 0.451 e. The summed E-state index contributed by atoms with van der Waals surface area (Å²) in [5.74, 6) is 0.143. The molecular weight excluding hydrogens is 364 g/mol. The second-order valence-corrected chi connectivity index (χ2v) is 6.79. The number of rotatable bonds is 5. The highest BCUT2D eigenvalue weighted by Gasteiger charge is 2.13. The molecule has 138 valence electrons. The highest BCUT2D eigenvalue weighted by atomic mass is 35.5. The van der Waals surface area contributed by atoms with Crippen molar-refractivity contribution in [3.05, 3.63) is 71.4 Å². The van der Waals surface area contributed by atoms with Crippen molar-refractivity contribution in [1.29, 1.82) is 0 Å². The summed E-state index contributed by atoms with van der Waals surface area (Å²) in [7, 11) is 0. The normalized spacial score (nSPS) is 10.7. The number of benzene rings is 2. The van der Waals surface area contributed by atoms with Gasteiger partial charge in [-0.2, -0.15) is 0 Å². The van der Waals surface area contributed by atoms with Gasteiger partial charge in [-0.3, -0.25) is 9.59 Å². The van der Waals surface area contributed by atoms with Gasteiger partial charge in [-0.1, -0.05) is 43.6 Å². The first kappa shape index (κ1) is 18.7. The van der Waals surface area contributed by atoms with Crippen LogP contribution in [-0.4, -0.2) is 11.8 Å². The third-order valence-electron chi connectivity index (χ3n) is 3.85. The third-order valence-corrected chi connectivity index (χ3v) is 4.09. The summed E-state index contributed by atoms with van der Waals surface area (Å²) in [5, 5.41) is 6.16. The molecule has 1 heterocycles. The van der Waals surface area contributed by atoms with Crippen LogP contribution in [0.25, 0.3) is 11.3 Å². The average molecular weight is 383 g/mol. The van der Waals surface area contributed by atoms with Crippen molar-refractivity contribution in [3.63, 3.8) is 0 Å². The lowest BCUT2D eigenvalue weighted by Gasteiger charge is -2.09. The molecule has 0 fully saturated rings. The second-order valence-electron chi connectivity index (χ2n) is 6.35. The standard InChI is InChI=1S/C21H19ClN2O3/c1-13(2)20(25)23-16-7-4-8-17(12-16)24-21(26)19-10-9-18(27-19)14-5-3-6-15(22)11-14/h3-13H,1-2H3,(H,23,25)(H,24,26). The monoisotopic (exact) mass is 382 g/mol. The van der Waals surface area contributed by atoms with Crippen LogP contribution in [0.5, 0.6) is 0 Å². The van der Waals surface area contributed by atoms with Crippen LogP contribution in [0, 0.1) is 5.92 Å². The Hall–Kier alpha value is -3.05. The van der Waals surface area contributed by atoms with E-state index < -0.39 is 0 Å². The maximum Gasteiger partial charge on any atom is 0.291 e. The van der Waals surface area contributed by atoms with Crippen LogP contribution in [0.1, 0.15) is 24.4 Å². The summed E-state index contributed by atoms with van der Waals surface area (Å²) >= 11 is 5.99. The molecule has 3 aromatic rings. The molecule has 0 aliphatic rings. The minimum Gasteiger partial charge on any atom is -0.451 e. The van der Waals surface area contributed by atoms with Gasteiger partial charge in [0.1, 0.15) is 5.76 Å². The number of halogens is 1. The average Bonchev–Trinajstić information content (AvgIpc) is 3.12. The lowest BCUT2D eigenvalue weighted by Crippen LogP contribution is -2.18. The molecular formula is C21H19ClN2O3. The second kappa shape index (κ2) is 8.10. The van der Waals surface area contributed by atoms with E-state index in [-0.39, 0.29) is 23.5 Å². The number of hydrogen-bond donors (Lipinski definition) is 2. The summed E-state index contributed by atoms with van der Waals surface area (Å²) in [6.45, 7) is 3.63. The first-order valence-electron chi connectivity index (χ1n) is 8.50. The van der Waals surface area contributed by atoms with Gasteiger partial charge in [0, 0.05) is 27.9 Å². The molecule has 2 amide bonds. The number of furan rings is 1. The van der Waals surface area contributed by atoms with E-state index in [1.807, 2.05) is 26.0 Å². The lowest BCUT2D eigenvalue weighted by molar-refractivity contribution is -0.118. The van der Waals surface area contributed by atoms with Crippen LogP contribution in [0.4, 0.5) is 11.4 Å². The number of carbonyl (C=O) groups excluding carboxylic acids is 2. The predicted molar refractivity (Wildman–Crippen MR) is 107 cm³/mol.